The van der Waals surface area contributed by atoms with Crippen LogP contribution in [0.3, 0.4) is 0 Å². The maximum Gasteiger partial charge on any atom is 0.119 e. The van der Waals surface area contributed by atoms with Crippen molar-refractivity contribution >= 4 is 22.9 Å². The number of hydrogen-bond acceptors (Lipinski definition) is 2. The van der Waals surface area contributed by atoms with Gasteiger partial charge in [0.05, 0.1) is 11.5 Å². The zero-order valence-corrected chi connectivity index (χ0v) is 11.5. The molecular formula is C14H15ClOS. The molecule has 3 heteroatoms. The third-order valence-electron chi connectivity index (χ3n) is 2.34. The number of rotatable bonds is 4. The average molecular weight is 267 g/mol. The second-order valence-corrected chi connectivity index (χ2v) is 5.53. The Morgan fingerprint density at radius 3 is 2.35 bits per heavy atom. The highest BCUT2D eigenvalue weighted by atomic mass is 35.5. The molecule has 1 nitrogen and oxygen atoms in total. The largest absolute Gasteiger partial charge is 0.491 e. The van der Waals surface area contributed by atoms with Crippen LogP contribution in [0.4, 0.5) is 0 Å². The summed E-state index contributed by atoms with van der Waals surface area (Å²) in [5.41, 5.74) is 1.10. The minimum absolute atomic E-state index is 0.0666. The maximum atomic E-state index is 6.40. The fraction of sp³-hybridized carbons (Fsp3) is 0.286. The SMILES string of the molecule is CC(C)Oc1ccc(C(Cl)c2cccs2)cc1. The Hall–Kier alpha value is -0.990. The summed E-state index contributed by atoms with van der Waals surface area (Å²) in [6, 6.07) is 12.1. The quantitative estimate of drug-likeness (QED) is 0.718. The second kappa shape index (κ2) is 5.56. The normalized spacial score (nSPS) is 12.7. The third kappa shape index (κ3) is 3.24. The molecule has 0 aliphatic rings. The Labute approximate surface area is 111 Å². The van der Waals surface area contributed by atoms with Crippen LogP contribution in [0.5, 0.6) is 5.75 Å². The summed E-state index contributed by atoms with van der Waals surface area (Å²) < 4.78 is 5.60. The van der Waals surface area contributed by atoms with Gasteiger partial charge in [-0.2, -0.15) is 0 Å². The van der Waals surface area contributed by atoms with E-state index in [0.717, 1.165) is 11.3 Å². The number of halogens is 1. The highest BCUT2D eigenvalue weighted by Crippen LogP contribution is 2.32. The van der Waals surface area contributed by atoms with E-state index in [-0.39, 0.29) is 11.5 Å². The van der Waals surface area contributed by atoms with Gasteiger partial charge in [-0.05, 0) is 43.0 Å². The summed E-state index contributed by atoms with van der Waals surface area (Å²) in [7, 11) is 0. The summed E-state index contributed by atoms with van der Waals surface area (Å²) in [5, 5.41) is 1.98. The molecule has 1 aromatic carbocycles. The van der Waals surface area contributed by atoms with Gasteiger partial charge in [0.2, 0.25) is 0 Å². The summed E-state index contributed by atoms with van der Waals surface area (Å²) in [6.45, 7) is 4.04. The first-order valence-electron chi connectivity index (χ1n) is 5.61. The van der Waals surface area contributed by atoms with Crippen LogP contribution >= 0.6 is 22.9 Å². The van der Waals surface area contributed by atoms with Crippen molar-refractivity contribution in [1.82, 2.24) is 0 Å². The molecule has 2 aromatic rings. The van der Waals surface area contributed by atoms with Crippen molar-refractivity contribution in [2.45, 2.75) is 25.3 Å². The molecule has 0 fully saturated rings. The van der Waals surface area contributed by atoms with Gasteiger partial charge in [-0.15, -0.1) is 22.9 Å². The second-order valence-electron chi connectivity index (χ2n) is 4.11. The van der Waals surface area contributed by atoms with Crippen molar-refractivity contribution in [2.75, 3.05) is 0 Å². The molecule has 1 unspecified atom stereocenters. The van der Waals surface area contributed by atoms with E-state index >= 15 is 0 Å². The van der Waals surface area contributed by atoms with Crippen LogP contribution in [-0.4, -0.2) is 6.10 Å². The van der Waals surface area contributed by atoms with E-state index < -0.39 is 0 Å². The van der Waals surface area contributed by atoms with Gasteiger partial charge in [-0.1, -0.05) is 18.2 Å². The summed E-state index contributed by atoms with van der Waals surface area (Å²) >= 11 is 8.08. The van der Waals surface area contributed by atoms with Gasteiger partial charge in [-0.3, -0.25) is 0 Å². The van der Waals surface area contributed by atoms with Crippen molar-refractivity contribution in [2.24, 2.45) is 0 Å². The maximum absolute atomic E-state index is 6.40. The van der Waals surface area contributed by atoms with Crippen molar-refractivity contribution < 1.29 is 4.74 Å². The van der Waals surface area contributed by atoms with Gasteiger partial charge in [-0.25, -0.2) is 0 Å². The molecule has 0 spiro atoms. The molecule has 0 aliphatic heterocycles. The van der Waals surface area contributed by atoms with Crippen molar-refractivity contribution in [1.29, 1.82) is 0 Å². The lowest BCUT2D eigenvalue weighted by Gasteiger charge is -2.12. The first-order chi connectivity index (χ1) is 8.16. The fourth-order valence-electron chi connectivity index (χ4n) is 1.59. The summed E-state index contributed by atoms with van der Waals surface area (Å²) in [5.74, 6) is 0.888. The van der Waals surface area contributed by atoms with Gasteiger partial charge in [0.15, 0.2) is 0 Å². The molecule has 2 rings (SSSR count). The molecular weight excluding hydrogens is 252 g/mol. The number of benzene rings is 1. The fourth-order valence-corrected chi connectivity index (χ4v) is 2.69. The Bertz CT molecular complexity index is 448. The van der Waals surface area contributed by atoms with Crippen LogP contribution in [-0.2, 0) is 0 Å². The Kier molecular flexibility index (Phi) is 4.08. The first kappa shape index (κ1) is 12.5. The monoisotopic (exact) mass is 266 g/mol. The molecule has 0 saturated heterocycles. The molecule has 0 amide bonds. The smallest absolute Gasteiger partial charge is 0.119 e. The zero-order valence-electron chi connectivity index (χ0n) is 9.89. The standard InChI is InChI=1S/C14H15ClOS/c1-10(2)16-12-7-5-11(6-8-12)14(15)13-4-3-9-17-13/h3-10,14H,1-2H3. The van der Waals surface area contributed by atoms with Gasteiger partial charge >= 0.3 is 0 Å². The zero-order chi connectivity index (χ0) is 12.3. The topological polar surface area (TPSA) is 9.23 Å². The molecule has 0 radical (unpaired) electrons. The number of ether oxygens (including phenoxy) is 1. The van der Waals surface area contributed by atoms with E-state index in [4.69, 9.17) is 16.3 Å². The summed E-state index contributed by atoms with van der Waals surface area (Å²) in [6.07, 6.45) is 0.199. The highest BCUT2D eigenvalue weighted by molar-refractivity contribution is 7.10. The molecule has 0 aliphatic carbocycles. The summed E-state index contributed by atoms with van der Waals surface area (Å²) in [4.78, 5) is 1.17. The number of alkyl halides is 1. The lowest BCUT2D eigenvalue weighted by Crippen LogP contribution is -2.05. The first-order valence-corrected chi connectivity index (χ1v) is 6.92. The lowest BCUT2D eigenvalue weighted by molar-refractivity contribution is 0.242. The van der Waals surface area contributed by atoms with Crippen molar-refractivity contribution in [3.63, 3.8) is 0 Å². The molecule has 0 saturated carbocycles. The minimum atomic E-state index is -0.0666. The van der Waals surface area contributed by atoms with Gasteiger partial charge in [0, 0.05) is 4.88 Å². The van der Waals surface area contributed by atoms with Crippen LogP contribution < -0.4 is 4.74 Å². The molecule has 1 heterocycles. The van der Waals surface area contributed by atoms with Crippen molar-refractivity contribution in [3.05, 3.63) is 52.2 Å². The van der Waals surface area contributed by atoms with Crippen molar-refractivity contribution in [3.8, 4) is 5.75 Å². The van der Waals surface area contributed by atoms with Crippen LogP contribution in [0.25, 0.3) is 0 Å². The van der Waals surface area contributed by atoms with Gasteiger partial charge in [0.25, 0.3) is 0 Å². The van der Waals surface area contributed by atoms with E-state index in [0.29, 0.717) is 0 Å². The predicted molar refractivity (Wildman–Crippen MR) is 74.2 cm³/mol. The van der Waals surface area contributed by atoms with E-state index in [1.54, 1.807) is 11.3 Å². The lowest BCUT2D eigenvalue weighted by atomic mass is 10.1. The average Bonchev–Trinajstić information content (AvgIpc) is 2.82. The van der Waals surface area contributed by atoms with E-state index in [1.807, 2.05) is 49.6 Å². The highest BCUT2D eigenvalue weighted by Gasteiger charge is 2.11. The molecule has 17 heavy (non-hydrogen) atoms. The van der Waals surface area contributed by atoms with Crippen LogP contribution in [0.2, 0.25) is 0 Å². The molecule has 1 atom stereocenters. The minimum Gasteiger partial charge on any atom is -0.491 e. The molecule has 90 valence electrons. The molecule has 1 aromatic heterocycles. The molecule has 0 N–H and O–H groups in total. The van der Waals surface area contributed by atoms with E-state index in [1.165, 1.54) is 4.88 Å². The predicted octanol–water partition coefficient (Wildman–Crippen LogP) is 4.86. The van der Waals surface area contributed by atoms with Crippen LogP contribution in [0, 0.1) is 0 Å². The number of thiophene rings is 1. The number of hydrogen-bond donors (Lipinski definition) is 0. The van der Waals surface area contributed by atoms with E-state index in [9.17, 15) is 0 Å². The van der Waals surface area contributed by atoms with Gasteiger partial charge < -0.3 is 4.74 Å². The molecule has 0 bridgehead atoms. The van der Waals surface area contributed by atoms with E-state index in [2.05, 4.69) is 6.07 Å². The van der Waals surface area contributed by atoms with Crippen LogP contribution in [0.15, 0.2) is 41.8 Å². The van der Waals surface area contributed by atoms with Crippen LogP contribution in [0.1, 0.15) is 29.7 Å². The Morgan fingerprint density at radius 1 is 1.12 bits per heavy atom. The Balaban J connectivity index is 2.12. The van der Waals surface area contributed by atoms with Gasteiger partial charge in [0.1, 0.15) is 5.75 Å². The third-order valence-corrected chi connectivity index (χ3v) is 3.89. The Morgan fingerprint density at radius 2 is 1.82 bits per heavy atom.